The van der Waals surface area contributed by atoms with E-state index >= 15 is 0 Å². The predicted octanol–water partition coefficient (Wildman–Crippen LogP) is 1.55. The second kappa shape index (κ2) is 5.15. The molecule has 2 aromatic rings. The normalized spacial score (nSPS) is 9.78. The minimum Gasteiger partial charge on any atom is -0.367 e. The van der Waals surface area contributed by atoms with Gasteiger partial charge in [-0.15, -0.1) is 0 Å². The summed E-state index contributed by atoms with van der Waals surface area (Å²) in [5, 5.41) is 8.78. The van der Waals surface area contributed by atoms with E-state index in [4.69, 9.17) is 5.26 Å². The highest BCUT2D eigenvalue weighted by atomic mass is 16.2. The summed E-state index contributed by atoms with van der Waals surface area (Å²) in [6.07, 6.45) is 5.11. The Hall–Kier alpha value is -2.61. The topological polar surface area (TPSA) is 72.8 Å². The van der Waals surface area contributed by atoms with Crippen molar-refractivity contribution in [2.75, 3.05) is 7.05 Å². The number of rotatable bonds is 3. The lowest BCUT2D eigenvalue weighted by atomic mass is 10.2. The maximum absolute atomic E-state index is 12.1. The summed E-state index contributed by atoms with van der Waals surface area (Å²) in [6, 6.07) is 6.96. The molecule has 18 heavy (non-hydrogen) atoms. The van der Waals surface area contributed by atoms with E-state index in [1.807, 2.05) is 24.5 Å². The van der Waals surface area contributed by atoms with Crippen molar-refractivity contribution >= 4 is 5.91 Å². The second-order valence-corrected chi connectivity index (χ2v) is 3.92. The molecule has 2 aromatic heterocycles. The van der Waals surface area contributed by atoms with Crippen LogP contribution in [0.3, 0.4) is 0 Å². The highest BCUT2D eigenvalue weighted by Gasteiger charge is 2.13. The zero-order chi connectivity index (χ0) is 13.0. The van der Waals surface area contributed by atoms with Crippen LogP contribution in [0.15, 0.2) is 36.8 Å². The molecule has 0 aliphatic rings. The summed E-state index contributed by atoms with van der Waals surface area (Å²) in [5.41, 5.74) is 1.73. The van der Waals surface area contributed by atoms with Gasteiger partial charge in [-0.05, 0) is 23.8 Å². The van der Waals surface area contributed by atoms with E-state index in [1.165, 1.54) is 12.3 Å². The molecule has 0 atom stereocenters. The number of nitrogens with zero attached hydrogens (tertiary/aromatic N) is 3. The van der Waals surface area contributed by atoms with Gasteiger partial charge in [0.15, 0.2) is 0 Å². The summed E-state index contributed by atoms with van der Waals surface area (Å²) in [5.74, 6) is -0.201. The number of nitrogens with one attached hydrogen (secondary N) is 1. The monoisotopic (exact) mass is 240 g/mol. The van der Waals surface area contributed by atoms with E-state index in [0.29, 0.717) is 12.1 Å². The summed E-state index contributed by atoms with van der Waals surface area (Å²) < 4.78 is 0. The van der Waals surface area contributed by atoms with E-state index in [0.717, 1.165) is 5.56 Å². The van der Waals surface area contributed by atoms with Gasteiger partial charge in [-0.3, -0.25) is 9.78 Å². The molecule has 90 valence electrons. The second-order valence-electron chi connectivity index (χ2n) is 3.92. The molecule has 2 heterocycles. The Bertz CT molecular complexity index is 583. The number of pyridine rings is 1. The van der Waals surface area contributed by atoms with Crippen LogP contribution in [-0.4, -0.2) is 27.8 Å². The van der Waals surface area contributed by atoms with Gasteiger partial charge in [-0.25, -0.2) is 0 Å². The predicted molar refractivity (Wildman–Crippen MR) is 65.5 cm³/mol. The molecular weight excluding hydrogens is 228 g/mol. The third-order valence-corrected chi connectivity index (χ3v) is 2.54. The van der Waals surface area contributed by atoms with Gasteiger partial charge < -0.3 is 9.88 Å². The molecule has 5 heteroatoms. The van der Waals surface area contributed by atoms with E-state index in [1.54, 1.807) is 18.0 Å². The van der Waals surface area contributed by atoms with Crippen molar-refractivity contribution in [1.29, 1.82) is 5.26 Å². The Labute approximate surface area is 105 Å². The third-order valence-electron chi connectivity index (χ3n) is 2.54. The molecule has 1 amide bonds. The van der Waals surface area contributed by atoms with Crippen LogP contribution in [-0.2, 0) is 6.54 Å². The molecule has 0 saturated heterocycles. The standard InChI is InChI=1S/C13H12N4O/c1-17(9-11-2-4-15-8-11)13(18)12-6-10(7-14)3-5-16-12/h2-6,8,15H,9H2,1H3. The van der Waals surface area contributed by atoms with Gasteiger partial charge >= 0.3 is 0 Å². The largest absolute Gasteiger partial charge is 0.367 e. The van der Waals surface area contributed by atoms with Gasteiger partial charge in [0.2, 0.25) is 0 Å². The molecule has 0 aliphatic carbocycles. The molecule has 0 aliphatic heterocycles. The van der Waals surface area contributed by atoms with Crippen LogP contribution >= 0.6 is 0 Å². The third kappa shape index (κ3) is 2.55. The Morgan fingerprint density at radius 2 is 2.39 bits per heavy atom. The number of aromatic amines is 1. The molecule has 0 fully saturated rings. The summed E-state index contributed by atoms with van der Waals surface area (Å²) in [6.45, 7) is 0.501. The number of amides is 1. The fourth-order valence-electron chi connectivity index (χ4n) is 1.62. The maximum Gasteiger partial charge on any atom is 0.272 e. The lowest BCUT2D eigenvalue weighted by Gasteiger charge is -2.15. The number of carbonyl (C=O) groups excluding carboxylic acids is 1. The SMILES string of the molecule is CN(Cc1cc[nH]c1)C(=O)c1cc(C#N)ccn1. The average Bonchev–Trinajstić information content (AvgIpc) is 2.90. The summed E-state index contributed by atoms with van der Waals surface area (Å²) in [4.78, 5) is 20.6. The van der Waals surface area contributed by atoms with Gasteiger partial charge in [0, 0.05) is 32.2 Å². The van der Waals surface area contributed by atoms with Gasteiger partial charge in [-0.1, -0.05) is 0 Å². The van der Waals surface area contributed by atoms with Crippen LogP contribution in [0.5, 0.6) is 0 Å². The van der Waals surface area contributed by atoms with Gasteiger partial charge in [0.25, 0.3) is 5.91 Å². The summed E-state index contributed by atoms with van der Waals surface area (Å²) >= 11 is 0. The van der Waals surface area contributed by atoms with Crippen molar-refractivity contribution in [2.24, 2.45) is 0 Å². The molecular formula is C13H12N4O. The number of carbonyl (C=O) groups is 1. The Kier molecular flexibility index (Phi) is 3.39. The molecule has 0 spiro atoms. The van der Waals surface area contributed by atoms with E-state index in [-0.39, 0.29) is 11.6 Å². The van der Waals surface area contributed by atoms with Crippen LogP contribution in [0.25, 0.3) is 0 Å². The molecule has 0 aromatic carbocycles. The number of hydrogen-bond acceptors (Lipinski definition) is 3. The van der Waals surface area contributed by atoms with Crippen LogP contribution in [0.2, 0.25) is 0 Å². The number of aromatic nitrogens is 2. The minimum atomic E-state index is -0.201. The summed E-state index contributed by atoms with van der Waals surface area (Å²) in [7, 11) is 1.70. The Morgan fingerprint density at radius 1 is 1.56 bits per heavy atom. The van der Waals surface area contributed by atoms with Crippen molar-refractivity contribution in [3.05, 3.63) is 53.6 Å². The molecule has 2 rings (SSSR count). The van der Waals surface area contributed by atoms with Gasteiger partial charge in [-0.2, -0.15) is 5.26 Å². The van der Waals surface area contributed by atoms with Crippen molar-refractivity contribution in [1.82, 2.24) is 14.9 Å². The van der Waals surface area contributed by atoms with E-state index in [2.05, 4.69) is 9.97 Å². The van der Waals surface area contributed by atoms with Crippen molar-refractivity contribution in [3.8, 4) is 6.07 Å². The molecule has 1 N–H and O–H groups in total. The Morgan fingerprint density at radius 3 is 3.06 bits per heavy atom. The lowest BCUT2D eigenvalue weighted by molar-refractivity contribution is 0.0779. The number of hydrogen-bond donors (Lipinski definition) is 1. The zero-order valence-electron chi connectivity index (χ0n) is 9.92. The van der Waals surface area contributed by atoms with Crippen LogP contribution in [0.4, 0.5) is 0 Å². The van der Waals surface area contributed by atoms with Crippen LogP contribution in [0.1, 0.15) is 21.6 Å². The molecule has 5 nitrogen and oxygen atoms in total. The smallest absolute Gasteiger partial charge is 0.272 e. The Balaban J connectivity index is 2.13. The van der Waals surface area contributed by atoms with Crippen LogP contribution < -0.4 is 0 Å². The van der Waals surface area contributed by atoms with Crippen molar-refractivity contribution < 1.29 is 4.79 Å². The lowest BCUT2D eigenvalue weighted by Crippen LogP contribution is -2.26. The number of H-pyrrole nitrogens is 1. The van der Waals surface area contributed by atoms with Gasteiger partial charge in [0.1, 0.15) is 5.69 Å². The fourth-order valence-corrected chi connectivity index (χ4v) is 1.62. The molecule has 0 unspecified atom stereocenters. The van der Waals surface area contributed by atoms with Crippen LogP contribution in [0, 0.1) is 11.3 Å². The molecule has 0 radical (unpaired) electrons. The average molecular weight is 240 g/mol. The molecule has 0 saturated carbocycles. The first-order valence-corrected chi connectivity index (χ1v) is 5.44. The van der Waals surface area contributed by atoms with E-state index < -0.39 is 0 Å². The first-order valence-electron chi connectivity index (χ1n) is 5.44. The van der Waals surface area contributed by atoms with Crippen molar-refractivity contribution in [3.63, 3.8) is 0 Å². The fraction of sp³-hybridized carbons (Fsp3) is 0.154. The quantitative estimate of drug-likeness (QED) is 0.884. The first-order chi connectivity index (χ1) is 8.70. The number of nitriles is 1. The maximum atomic E-state index is 12.1. The first kappa shape index (κ1) is 11.9. The highest BCUT2D eigenvalue weighted by molar-refractivity contribution is 5.92. The van der Waals surface area contributed by atoms with E-state index in [9.17, 15) is 4.79 Å². The minimum absolute atomic E-state index is 0.201. The zero-order valence-corrected chi connectivity index (χ0v) is 9.92. The molecule has 0 bridgehead atoms. The van der Waals surface area contributed by atoms with Crippen molar-refractivity contribution in [2.45, 2.75) is 6.54 Å². The highest BCUT2D eigenvalue weighted by Crippen LogP contribution is 2.07. The van der Waals surface area contributed by atoms with Gasteiger partial charge in [0.05, 0.1) is 11.6 Å².